The lowest BCUT2D eigenvalue weighted by atomic mass is 10.1. The summed E-state index contributed by atoms with van der Waals surface area (Å²) in [6.07, 6.45) is 4.06. The minimum Gasteiger partial charge on any atom is -0.356 e. The Morgan fingerprint density at radius 1 is 1.31 bits per heavy atom. The van der Waals surface area contributed by atoms with E-state index in [0.717, 1.165) is 23.7 Å². The molecule has 0 radical (unpaired) electrons. The molecule has 84 valence electrons. The number of piperidine rings is 1. The fourth-order valence-corrected chi connectivity index (χ4v) is 3.23. The standard InChI is InChI=1S/C11H12BrN3S/c12-8-1-4-15(5-2-8)10-9-3-6-16-11(9)14-7-13-10/h3,6-8H,1-2,4-5H2. The Kier molecular flexibility index (Phi) is 2.81. The first-order chi connectivity index (χ1) is 7.84. The van der Waals surface area contributed by atoms with Crippen LogP contribution in [0.4, 0.5) is 5.82 Å². The number of rotatable bonds is 1. The molecule has 0 atom stereocenters. The zero-order chi connectivity index (χ0) is 11.0. The lowest BCUT2D eigenvalue weighted by Crippen LogP contribution is -2.34. The van der Waals surface area contributed by atoms with Crippen LogP contribution in [0.3, 0.4) is 0 Å². The molecular formula is C11H12BrN3S. The maximum Gasteiger partial charge on any atom is 0.140 e. The maximum absolute atomic E-state index is 4.43. The van der Waals surface area contributed by atoms with Gasteiger partial charge in [0.2, 0.25) is 0 Å². The van der Waals surface area contributed by atoms with Crippen molar-refractivity contribution in [2.75, 3.05) is 18.0 Å². The molecule has 3 rings (SSSR count). The molecule has 0 aromatic carbocycles. The second kappa shape index (κ2) is 4.30. The SMILES string of the molecule is BrC1CCN(c2ncnc3sccc23)CC1. The summed E-state index contributed by atoms with van der Waals surface area (Å²) in [5.74, 6) is 1.10. The first kappa shape index (κ1) is 10.5. The van der Waals surface area contributed by atoms with Crippen molar-refractivity contribution >= 4 is 43.3 Å². The average molecular weight is 298 g/mol. The molecule has 3 heterocycles. The van der Waals surface area contributed by atoms with Crippen LogP contribution in [-0.4, -0.2) is 27.9 Å². The summed E-state index contributed by atoms with van der Waals surface area (Å²) in [5.41, 5.74) is 0. The number of alkyl halides is 1. The van der Waals surface area contributed by atoms with Gasteiger partial charge in [-0.1, -0.05) is 15.9 Å². The summed E-state index contributed by atoms with van der Waals surface area (Å²) in [6, 6.07) is 2.12. The van der Waals surface area contributed by atoms with Crippen LogP contribution in [0.15, 0.2) is 17.8 Å². The number of hydrogen-bond donors (Lipinski definition) is 0. The van der Waals surface area contributed by atoms with Gasteiger partial charge in [-0.15, -0.1) is 11.3 Å². The van der Waals surface area contributed by atoms with Crippen LogP contribution < -0.4 is 4.90 Å². The van der Waals surface area contributed by atoms with Gasteiger partial charge >= 0.3 is 0 Å². The van der Waals surface area contributed by atoms with Crippen LogP contribution in [-0.2, 0) is 0 Å². The Labute approximate surface area is 107 Å². The first-order valence-electron chi connectivity index (χ1n) is 5.42. The average Bonchev–Trinajstić information content (AvgIpc) is 2.78. The summed E-state index contributed by atoms with van der Waals surface area (Å²) >= 11 is 5.35. The van der Waals surface area contributed by atoms with Crippen LogP contribution in [0, 0.1) is 0 Å². The number of halogens is 1. The van der Waals surface area contributed by atoms with Gasteiger partial charge in [0.1, 0.15) is 17.0 Å². The van der Waals surface area contributed by atoms with Crippen LogP contribution in [0.5, 0.6) is 0 Å². The largest absolute Gasteiger partial charge is 0.356 e. The van der Waals surface area contributed by atoms with E-state index in [1.165, 1.54) is 18.2 Å². The zero-order valence-corrected chi connectivity index (χ0v) is 11.2. The summed E-state index contributed by atoms with van der Waals surface area (Å²) in [7, 11) is 0. The van der Waals surface area contributed by atoms with Crippen LogP contribution in [0.1, 0.15) is 12.8 Å². The predicted octanol–water partition coefficient (Wildman–Crippen LogP) is 3.06. The molecule has 5 heteroatoms. The van der Waals surface area contributed by atoms with Gasteiger partial charge in [0.05, 0.1) is 5.39 Å². The number of hydrogen-bond acceptors (Lipinski definition) is 4. The third-order valence-electron chi connectivity index (χ3n) is 2.96. The Morgan fingerprint density at radius 3 is 2.94 bits per heavy atom. The molecule has 2 aromatic rings. The van der Waals surface area contributed by atoms with Gasteiger partial charge < -0.3 is 4.90 Å². The van der Waals surface area contributed by atoms with Crippen molar-refractivity contribution < 1.29 is 0 Å². The molecule has 0 spiro atoms. The summed E-state index contributed by atoms with van der Waals surface area (Å²) in [6.45, 7) is 2.16. The van der Waals surface area contributed by atoms with Gasteiger partial charge in [0.25, 0.3) is 0 Å². The van der Waals surface area contributed by atoms with E-state index in [1.54, 1.807) is 17.7 Å². The van der Waals surface area contributed by atoms with E-state index in [4.69, 9.17) is 0 Å². The normalized spacial score (nSPS) is 18.2. The highest BCUT2D eigenvalue weighted by atomic mass is 79.9. The number of nitrogens with zero attached hydrogens (tertiary/aromatic N) is 3. The Hall–Kier alpha value is -0.680. The van der Waals surface area contributed by atoms with E-state index >= 15 is 0 Å². The van der Waals surface area contributed by atoms with Gasteiger partial charge in [-0.25, -0.2) is 9.97 Å². The van der Waals surface area contributed by atoms with Crippen LogP contribution in [0.25, 0.3) is 10.2 Å². The van der Waals surface area contributed by atoms with Crippen molar-refractivity contribution in [3.05, 3.63) is 17.8 Å². The lowest BCUT2D eigenvalue weighted by molar-refractivity contribution is 0.594. The lowest BCUT2D eigenvalue weighted by Gasteiger charge is -2.30. The van der Waals surface area contributed by atoms with E-state index in [9.17, 15) is 0 Å². The van der Waals surface area contributed by atoms with E-state index < -0.39 is 0 Å². The highest BCUT2D eigenvalue weighted by molar-refractivity contribution is 9.09. The predicted molar refractivity (Wildman–Crippen MR) is 71.6 cm³/mol. The molecule has 1 saturated heterocycles. The molecule has 0 unspecified atom stereocenters. The minimum atomic E-state index is 0.670. The molecule has 0 bridgehead atoms. The third-order valence-corrected chi connectivity index (χ3v) is 4.70. The zero-order valence-electron chi connectivity index (χ0n) is 8.77. The quantitative estimate of drug-likeness (QED) is 0.758. The van der Waals surface area contributed by atoms with Crippen molar-refractivity contribution in [1.29, 1.82) is 0 Å². The summed E-state index contributed by atoms with van der Waals surface area (Å²) in [4.78, 5) is 12.8. The van der Waals surface area contributed by atoms with Gasteiger partial charge in [0, 0.05) is 17.9 Å². The molecule has 0 N–H and O–H groups in total. The van der Waals surface area contributed by atoms with Crippen molar-refractivity contribution in [3.8, 4) is 0 Å². The van der Waals surface area contributed by atoms with Crippen LogP contribution >= 0.6 is 27.3 Å². The van der Waals surface area contributed by atoms with E-state index in [1.807, 2.05) is 0 Å². The molecular weight excluding hydrogens is 286 g/mol. The highest BCUT2D eigenvalue weighted by Gasteiger charge is 2.19. The van der Waals surface area contributed by atoms with Gasteiger partial charge in [-0.05, 0) is 24.3 Å². The maximum atomic E-state index is 4.43. The van der Waals surface area contributed by atoms with Crippen molar-refractivity contribution in [2.24, 2.45) is 0 Å². The Morgan fingerprint density at radius 2 is 2.12 bits per heavy atom. The second-order valence-electron chi connectivity index (χ2n) is 4.00. The molecule has 3 nitrogen and oxygen atoms in total. The first-order valence-corrected chi connectivity index (χ1v) is 7.21. The van der Waals surface area contributed by atoms with Gasteiger partial charge in [-0.3, -0.25) is 0 Å². The topological polar surface area (TPSA) is 29.0 Å². The Bertz CT molecular complexity index is 491. The third kappa shape index (κ3) is 1.82. The molecule has 0 aliphatic carbocycles. The molecule has 16 heavy (non-hydrogen) atoms. The number of thiophene rings is 1. The smallest absolute Gasteiger partial charge is 0.140 e. The fourth-order valence-electron chi connectivity index (χ4n) is 2.09. The van der Waals surface area contributed by atoms with E-state index in [2.05, 4.69) is 42.2 Å². The highest BCUT2D eigenvalue weighted by Crippen LogP contribution is 2.29. The van der Waals surface area contributed by atoms with Crippen LogP contribution in [0.2, 0.25) is 0 Å². The summed E-state index contributed by atoms with van der Waals surface area (Å²) < 4.78 is 0. The minimum absolute atomic E-state index is 0.670. The molecule has 1 aliphatic heterocycles. The van der Waals surface area contributed by atoms with Gasteiger partial charge in [-0.2, -0.15) is 0 Å². The molecule has 1 fully saturated rings. The van der Waals surface area contributed by atoms with E-state index in [-0.39, 0.29) is 0 Å². The van der Waals surface area contributed by atoms with Crippen molar-refractivity contribution in [3.63, 3.8) is 0 Å². The second-order valence-corrected chi connectivity index (χ2v) is 6.19. The number of fused-ring (bicyclic) bond motifs is 1. The summed E-state index contributed by atoms with van der Waals surface area (Å²) in [5, 5.41) is 3.28. The molecule has 2 aromatic heterocycles. The van der Waals surface area contributed by atoms with E-state index in [0.29, 0.717) is 4.83 Å². The van der Waals surface area contributed by atoms with Crippen molar-refractivity contribution in [1.82, 2.24) is 9.97 Å². The molecule has 1 aliphatic rings. The monoisotopic (exact) mass is 297 g/mol. The molecule has 0 amide bonds. The number of anilines is 1. The number of aromatic nitrogens is 2. The van der Waals surface area contributed by atoms with Gasteiger partial charge in [0.15, 0.2) is 0 Å². The van der Waals surface area contributed by atoms with Crippen molar-refractivity contribution in [2.45, 2.75) is 17.7 Å². The Balaban J connectivity index is 1.96. The molecule has 0 saturated carbocycles. The fraction of sp³-hybridized carbons (Fsp3) is 0.455.